The maximum Gasteiger partial charge on any atom is 0.255 e. The molecule has 1 aliphatic carbocycles. The van der Waals surface area contributed by atoms with Crippen LogP contribution in [-0.2, 0) is 29.1 Å². The minimum absolute atomic E-state index is 0.150. The van der Waals surface area contributed by atoms with Crippen LogP contribution in [0, 0.1) is 0 Å². The number of rotatable bonds is 9. The van der Waals surface area contributed by atoms with E-state index in [1.165, 1.54) is 25.7 Å². The van der Waals surface area contributed by atoms with Crippen molar-refractivity contribution in [2.75, 3.05) is 36.4 Å². The second kappa shape index (κ2) is 15.5. The van der Waals surface area contributed by atoms with Crippen LogP contribution in [0.3, 0.4) is 0 Å². The highest BCUT2D eigenvalue weighted by Crippen LogP contribution is 2.31. The summed E-state index contributed by atoms with van der Waals surface area (Å²) in [7, 11) is 0. The molecule has 8 rings (SSSR count). The number of primary amides is 1. The first-order chi connectivity index (χ1) is 25.2. The van der Waals surface area contributed by atoms with Gasteiger partial charge in [0.25, 0.3) is 5.91 Å². The van der Waals surface area contributed by atoms with E-state index in [9.17, 15) is 19.2 Å². The van der Waals surface area contributed by atoms with Crippen molar-refractivity contribution >= 4 is 40.8 Å². The van der Waals surface area contributed by atoms with Gasteiger partial charge in [-0.2, -0.15) is 9.61 Å². The number of hydrogen-bond donors (Lipinski definition) is 3. The number of fused-ring (bicyclic) bond motifs is 2. The average Bonchev–Trinajstić information content (AvgIpc) is 3.91. The van der Waals surface area contributed by atoms with E-state index in [1.807, 2.05) is 41.0 Å². The lowest BCUT2D eigenvalue weighted by atomic mass is 10.0. The Kier molecular flexibility index (Phi) is 10.5. The van der Waals surface area contributed by atoms with E-state index >= 15 is 0 Å². The van der Waals surface area contributed by atoms with Crippen LogP contribution in [0.5, 0.6) is 0 Å². The van der Waals surface area contributed by atoms with Crippen LogP contribution in [-0.4, -0.2) is 86.3 Å². The molecular formula is C39H47N9O4. The summed E-state index contributed by atoms with van der Waals surface area (Å²) in [6.45, 7) is 6.91. The number of nitrogens with one attached hydrogen (secondary N) is 2. The lowest BCUT2D eigenvalue weighted by Gasteiger charge is -2.36. The van der Waals surface area contributed by atoms with Crippen LogP contribution in [0.25, 0.3) is 5.65 Å². The molecule has 2 aromatic heterocycles. The molecule has 272 valence electrons. The van der Waals surface area contributed by atoms with Crippen molar-refractivity contribution in [3.8, 4) is 0 Å². The molecule has 4 amide bonds. The molecule has 2 saturated heterocycles. The highest BCUT2D eigenvalue weighted by Gasteiger charge is 2.39. The molecular weight excluding hydrogens is 658 g/mol. The van der Waals surface area contributed by atoms with Crippen molar-refractivity contribution in [2.45, 2.75) is 83.5 Å². The second-order valence-electron chi connectivity index (χ2n) is 14.2. The standard InChI is InChI=1S/C25H27N5O4.C14H20N4/c26-23(32)17-3-1-16(2-4-17)14-28-9-11-29(12-10-28)19-5-6-20-18(13-19)15-30(25(20)34)21-7-8-22(31)27-24(21)33;1-2-5-12-10-14(16-11-6-3-4-7-11)18-13(17-12)8-9-15-18/h1-6,13,21H,7-12,14-15H2,(H2,26,32)(H,27,31,33);8-11,16H,2-7H2,1H3. The van der Waals surface area contributed by atoms with E-state index < -0.39 is 17.9 Å². The van der Waals surface area contributed by atoms with E-state index in [1.54, 1.807) is 17.0 Å². The molecule has 4 aromatic rings. The average molecular weight is 706 g/mol. The van der Waals surface area contributed by atoms with Gasteiger partial charge in [-0.3, -0.25) is 29.4 Å². The molecule has 2 aromatic carbocycles. The Morgan fingerprint density at radius 2 is 1.73 bits per heavy atom. The molecule has 0 radical (unpaired) electrons. The number of piperazine rings is 1. The minimum atomic E-state index is -0.596. The predicted molar refractivity (Wildman–Crippen MR) is 198 cm³/mol. The number of amides is 4. The molecule has 52 heavy (non-hydrogen) atoms. The van der Waals surface area contributed by atoms with Gasteiger partial charge in [-0.1, -0.05) is 38.3 Å². The SMILES string of the molecule is CCCc1cc(NC2CCCC2)n2nccc2n1.NC(=O)c1ccc(CN2CCN(c3ccc4c(c3)CN(C3CCC(=O)NC3=O)C4=O)CC2)cc1. The van der Waals surface area contributed by atoms with E-state index in [-0.39, 0.29) is 18.2 Å². The predicted octanol–water partition coefficient (Wildman–Crippen LogP) is 3.91. The minimum Gasteiger partial charge on any atom is -0.369 e. The number of nitrogens with two attached hydrogens (primary N) is 1. The highest BCUT2D eigenvalue weighted by atomic mass is 16.2. The third-order valence-electron chi connectivity index (χ3n) is 10.5. The molecule has 1 saturated carbocycles. The van der Waals surface area contributed by atoms with Crippen LogP contribution in [0.4, 0.5) is 11.5 Å². The Morgan fingerprint density at radius 1 is 0.962 bits per heavy atom. The summed E-state index contributed by atoms with van der Waals surface area (Å²) in [5, 5.41) is 10.3. The second-order valence-corrected chi connectivity index (χ2v) is 14.2. The highest BCUT2D eigenvalue weighted by molar-refractivity contribution is 6.05. The summed E-state index contributed by atoms with van der Waals surface area (Å²) in [5.74, 6) is -0.146. The van der Waals surface area contributed by atoms with Gasteiger partial charge in [-0.15, -0.1) is 0 Å². The van der Waals surface area contributed by atoms with Crippen molar-refractivity contribution in [1.82, 2.24) is 29.7 Å². The van der Waals surface area contributed by atoms with Gasteiger partial charge >= 0.3 is 0 Å². The van der Waals surface area contributed by atoms with Gasteiger partial charge in [0, 0.05) is 86.4 Å². The number of nitrogens with zero attached hydrogens (tertiary/aromatic N) is 6. The van der Waals surface area contributed by atoms with Crippen molar-refractivity contribution in [3.63, 3.8) is 0 Å². The summed E-state index contributed by atoms with van der Waals surface area (Å²) in [5.41, 5.74) is 11.7. The van der Waals surface area contributed by atoms with Crippen molar-refractivity contribution in [1.29, 1.82) is 0 Å². The van der Waals surface area contributed by atoms with Gasteiger partial charge in [0.1, 0.15) is 11.9 Å². The number of imide groups is 1. The third-order valence-corrected chi connectivity index (χ3v) is 10.5. The van der Waals surface area contributed by atoms with E-state index in [0.717, 1.165) is 79.5 Å². The number of benzene rings is 2. The Labute approximate surface area is 303 Å². The van der Waals surface area contributed by atoms with E-state index in [4.69, 9.17) is 5.73 Å². The summed E-state index contributed by atoms with van der Waals surface area (Å²) in [6.07, 6.45) is 9.81. The lowest BCUT2D eigenvalue weighted by Crippen LogP contribution is -2.52. The van der Waals surface area contributed by atoms with Crippen LogP contribution in [0.1, 0.15) is 89.4 Å². The normalized spacial score (nSPS) is 19.4. The third kappa shape index (κ3) is 7.79. The first-order valence-electron chi connectivity index (χ1n) is 18.5. The smallest absolute Gasteiger partial charge is 0.255 e. The Hall–Kier alpha value is -5.30. The maximum absolute atomic E-state index is 12.9. The fraction of sp³-hybridized carbons (Fsp3) is 0.436. The summed E-state index contributed by atoms with van der Waals surface area (Å²) < 4.78 is 1.91. The molecule has 5 heterocycles. The number of aromatic nitrogens is 3. The van der Waals surface area contributed by atoms with E-state index in [0.29, 0.717) is 30.1 Å². The van der Waals surface area contributed by atoms with Gasteiger partial charge in [0.2, 0.25) is 17.7 Å². The maximum atomic E-state index is 12.9. The number of aryl methyl sites for hydroxylation is 1. The first-order valence-corrected chi connectivity index (χ1v) is 18.5. The number of anilines is 2. The van der Waals surface area contributed by atoms with Crippen LogP contribution >= 0.6 is 0 Å². The fourth-order valence-electron chi connectivity index (χ4n) is 7.69. The molecule has 4 aliphatic rings. The molecule has 13 nitrogen and oxygen atoms in total. The van der Waals surface area contributed by atoms with Crippen molar-refractivity contribution in [2.24, 2.45) is 5.73 Å². The van der Waals surface area contributed by atoms with Gasteiger partial charge in [-0.05, 0) is 67.1 Å². The summed E-state index contributed by atoms with van der Waals surface area (Å²) in [6, 6.07) is 17.4. The Balaban J connectivity index is 0.000000196. The zero-order chi connectivity index (χ0) is 36.2. The van der Waals surface area contributed by atoms with Crippen molar-refractivity contribution in [3.05, 3.63) is 88.7 Å². The largest absolute Gasteiger partial charge is 0.369 e. The summed E-state index contributed by atoms with van der Waals surface area (Å²) >= 11 is 0. The zero-order valence-corrected chi connectivity index (χ0v) is 29.7. The Morgan fingerprint density at radius 3 is 2.44 bits per heavy atom. The van der Waals surface area contributed by atoms with Gasteiger partial charge in [0.05, 0.1) is 6.20 Å². The fourth-order valence-corrected chi connectivity index (χ4v) is 7.69. The van der Waals surface area contributed by atoms with Crippen LogP contribution in [0.2, 0.25) is 0 Å². The molecule has 1 unspecified atom stereocenters. The zero-order valence-electron chi connectivity index (χ0n) is 29.7. The van der Waals surface area contributed by atoms with Gasteiger partial charge in [0.15, 0.2) is 5.65 Å². The Bertz CT molecular complexity index is 1940. The molecule has 1 atom stereocenters. The monoisotopic (exact) mass is 705 g/mol. The molecule has 3 aliphatic heterocycles. The lowest BCUT2D eigenvalue weighted by molar-refractivity contribution is -0.136. The number of carbonyl (C=O) groups is 4. The van der Waals surface area contributed by atoms with Gasteiger partial charge < -0.3 is 20.9 Å². The summed E-state index contributed by atoms with van der Waals surface area (Å²) in [4.78, 5) is 58.7. The number of piperidine rings is 1. The van der Waals surface area contributed by atoms with Crippen LogP contribution < -0.4 is 21.3 Å². The topological polar surface area (TPSA) is 158 Å². The molecule has 4 N–H and O–H groups in total. The molecule has 0 spiro atoms. The van der Waals surface area contributed by atoms with E-state index in [2.05, 4.69) is 49.6 Å². The number of carbonyl (C=O) groups excluding carboxylic acids is 4. The van der Waals surface area contributed by atoms with Gasteiger partial charge in [-0.25, -0.2) is 4.98 Å². The molecule has 13 heteroatoms. The first kappa shape index (κ1) is 35.1. The number of hydrogen-bond acceptors (Lipinski definition) is 9. The quantitative estimate of drug-likeness (QED) is 0.220. The molecule has 0 bridgehead atoms. The van der Waals surface area contributed by atoms with Crippen molar-refractivity contribution < 1.29 is 19.2 Å². The molecule has 3 fully saturated rings. The van der Waals surface area contributed by atoms with Crippen LogP contribution in [0.15, 0.2) is 60.8 Å².